The molecular formula is C12H13Cl3N2O. The van der Waals surface area contributed by atoms with Gasteiger partial charge in [-0.3, -0.25) is 4.79 Å². The topological polar surface area (TPSA) is 32.3 Å². The number of piperazine rings is 1. The lowest BCUT2D eigenvalue weighted by atomic mass is 10.1. The number of halogens is 3. The van der Waals surface area contributed by atoms with E-state index in [0.29, 0.717) is 27.7 Å². The van der Waals surface area contributed by atoms with Crippen LogP contribution in [0.4, 0.5) is 0 Å². The number of rotatable bonds is 1. The highest BCUT2D eigenvalue weighted by molar-refractivity contribution is 6.43. The van der Waals surface area contributed by atoms with Crippen LogP contribution in [-0.2, 0) is 0 Å². The maximum absolute atomic E-state index is 12.4. The Morgan fingerprint density at radius 1 is 1.39 bits per heavy atom. The first-order valence-electron chi connectivity index (χ1n) is 5.65. The Morgan fingerprint density at radius 2 is 2.17 bits per heavy atom. The molecule has 2 aliphatic heterocycles. The molecule has 0 saturated carbocycles. The van der Waals surface area contributed by atoms with Crippen molar-refractivity contribution in [2.45, 2.75) is 18.5 Å². The quantitative estimate of drug-likeness (QED) is 0.865. The summed E-state index contributed by atoms with van der Waals surface area (Å²) in [5, 5.41) is 4.15. The van der Waals surface area contributed by atoms with Crippen LogP contribution in [0.5, 0.6) is 0 Å². The smallest absolute Gasteiger partial charge is 0.255 e. The van der Waals surface area contributed by atoms with Gasteiger partial charge < -0.3 is 10.2 Å². The van der Waals surface area contributed by atoms with Crippen LogP contribution in [0.3, 0.4) is 0 Å². The van der Waals surface area contributed by atoms with Crippen molar-refractivity contribution in [2.24, 2.45) is 0 Å². The van der Waals surface area contributed by atoms with Gasteiger partial charge >= 0.3 is 0 Å². The SMILES string of the molecule is Cl.O=C(c1cccc(Cl)c1Cl)N1C[C@@H]2C[C@H]1CN2. The Balaban J connectivity index is 0.00000120. The van der Waals surface area contributed by atoms with Gasteiger partial charge in [-0.2, -0.15) is 0 Å². The molecule has 6 heteroatoms. The zero-order valence-corrected chi connectivity index (χ0v) is 11.9. The lowest BCUT2D eigenvalue weighted by Gasteiger charge is -2.27. The number of hydrogen-bond donors (Lipinski definition) is 1. The van der Waals surface area contributed by atoms with E-state index in [9.17, 15) is 4.79 Å². The number of carbonyl (C=O) groups is 1. The summed E-state index contributed by atoms with van der Waals surface area (Å²) in [6.07, 6.45) is 1.05. The van der Waals surface area contributed by atoms with Crippen LogP contribution in [0.15, 0.2) is 18.2 Å². The summed E-state index contributed by atoms with van der Waals surface area (Å²) in [4.78, 5) is 14.3. The molecule has 1 amide bonds. The fourth-order valence-corrected chi connectivity index (χ4v) is 3.01. The highest BCUT2D eigenvalue weighted by Gasteiger charge is 2.40. The summed E-state index contributed by atoms with van der Waals surface area (Å²) in [5.41, 5.74) is 0.506. The van der Waals surface area contributed by atoms with Crippen molar-refractivity contribution < 1.29 is 4.79 Å². The van der Waals surface area contributed by atoms with Crippen LogP contribution in [0.25, 0.3) is 0 Å². The van der Waals surface area contributed by atoms with Gasteiger partial charge in [0.05, 0.1) is 15.6 Å². The summed E-state index contributed by atoms with van der Waals surface area (Å²) in [6, 6.07) is 5.94. The second kappa shape index (κ2) is 5.25. The molecule has 1 aromatic carbocycles. The number of amides is 1. The third-order valence-electron chi connectivity index (χ3n) is 3.50. The van der Waals surface area contributed by atoms with Crippen LogP contribution < -0.4 is 5.32 Å². The molecule has 0 radical (unpaired) electrons. The first-order valence-corrected chi connectivity index (χ1v) is 6.41. The van der Waals surface area contributed by atoms with Crippen LogP contribution in [0.1, 0.15) is 16.8 Å². The molecule has 0 spiro atoms. The normalized spacial score (nSPS) is 25.1. The standard InChI is InChI=1S/C12H12Cl2N2O.ClH/c13-10-3-1-2-9(11(10)14)12(17)16-6-7-4-8(16)5-15-7;/h1-3,7-8,15H,4-6H2;1H/t7-,8-;/m0./s1. The van der Waals surface area contributed by atoms with Crippen molar-refractivity contribution in [1.29, 1.82) is 0 Å². The third-order valence-corrected chi connectivity index (χ3v) is 4.32. The Labute approximate surface area is 122 Å². The minimum atomic E-state index is -0.00787. The van der Waals surface area contributed by atoms with Gasteiger partial charge in [-0.1, -0.05) is 29.3 Å². The van der Waals surface area contributed by atoms with E-state index in [1.165, 1.54) is 0 Å². The average Bonchev–Trinajstić information content (AvgIpc) is 2.94. The second-order valence-electron chi connectivity index (χ2n) is 4.55. The molecule has 2 atom stereocenters. The Bertz CT molecular complexity index is 480. The zero-order valence-electron chi connectivity index (χ0n) is 9.53. The lowest BCUT2D eigenvalue weighted by molar-refractivity contribution is 0.0716. The van der Waals surface area contributed by atoms with E-state index in [1.807, 2.05) is 4.90 Å². The Kier molecular flexibility index (Phi) is 4.07. The van der Waals surface area contributed by atoms with Crippen LogP contribution in [-0.4, -0.2) is 36.0 Å². The van der Waals surface area contributed by atoms with Crippen molar-refractivity contribution >= 4 is 41.5 Å². The van der Waals surface area contributed by atoms with E-state index < -0.39 is 0 Å². The maximum atomic E-state index is 12.4. The number of carbonyl (C=O) groups excluding carboxylic acids is 1. The van der Waals surface area contributed by atoms with E-state index >= 15 is 0 Å². The largest absolute Gasteiger partial charge is 0.333 e. The zero-order chi connectivity index (χ0) is 12.0. The number of nitrogens with zero attached hydrogens (tertiary/aromatic N) is 1. The lowest BCUT2D eigenvalue weighted by Crippen LogP contribution is -2.46. The number of nitrogens with one attached hydrogen (secondary N) is 1. The number of fused-ring (bicyclic) bond motifs is 2. The van der Waals surface area contributed by atoms with Crippen molar-refractivity contribution in [3.8, 4) is 0 Å². The predicted octanol–water partition coefficient (Wildman–Crippen LogP) is 2.60. The molecule has 1 N–H and O–H groups in total. The average molecular weight is 308 g/mol. The van der Waals surface area contributed by atoms with E-state index in [1.54, 1.807) is 18.2 Å². The Hall–Kier alpha value is -0.480. The van der Waals surface area contributed by atoms with Crippen molar-refractivity contribution in [2.75, 3.05) is 13.1 Å². The van der Waals surface area contributed by atoms with Crippen LogP contribution >= 0.6 is 35.6 Å². The molecular weight excluding hydrogens is 295 g/mol. The van der Waals surface area contributed by atoms with E-state index in [-0.39, 0.29) is 18.3 Å². The molecule has 0 aliphatic carbocycles. The summed E-state index contributed by atoms with van der Waals surface area (Å²) in [5.74, 6) is -0.00787. The highest BCUT2D eigenvalue weighted by atomic mass is 35.5. The molecule has 3 nitrogen and oxygen atoms in total. The first kappa shape index (κ1) is 13.9. The van der Waals surface area contributed by atoms with Gasteiger partial charge in [0.25, 0.3) is 5.91 Å². The van der Waals surface area contributed by atoms with Gasteiger partial charge in [-0.05, 0) is 18.6 Å². The minimum absolute atomic E-state index is 0. The molecule has 2 bridgehead atoms. The van der Waals surface area contributed by atoms with Gasteiger partial charge in [-0.25, -0.2) is 0 Å². The number of hydrogen-bond acceptors (Lipinski definition) is 2. The molecule has 2 saturated heterocycles. The van der Waals surface area contributed by atoms with E-state index in [0.717, 1.165) is 19.5 Å². The second-order valence-corrected chi connectivity index (χ2v) is 5.34. The summed E-state index contributed by atoms with van der Waals surface area (Å²) in [6.45, 7) is 1.65. The summed E-state index contributed by atoms with van der Waals surface area (Å²) < 4.78 is 0. The molecule has 98 valence electrons. The van der Waals surface area contributed by atoms with Crippen molar-refractivity contribution in [3.63, 3.8) is 0 Å². The fourth-order valence-electron chi connectivity index (χ4n) is 2.63. The number of benzene rings is 1. The third kappa shape index (κ3) is 2.21. The van der Waals surface area contributed by atoms with Gasteiger partial charge in [0, 0.05) is 25.2 Å². The predicted molar refractivity (Wildman–Crippen MR) is 74.9 cm³/mol. The molecule has 3 rings (SSSR count). The monoisotopic (exact) mass is 306 g/mol. The van der Waals surface area contributed by atoms with Crippen LogP contribution in [0, 0.1) is 0 Å². The first-order chi connectivity index (χ1) is 8.16. The molecule has 2 heterocycles. The van der Waals surface area contributed by atoms with Gasteiger partial charge in [0.2, 0.25) is 0 Å². The van der Waals surface area contributed by atoms with Gasteiger partial charge in [0.1, 0.15) is 0 Å². The van der Waals surface area contributed by atoms with E-state index in [2.05, 4.69) is 5.32 Å². The van der Waals surface area contributed by atoms with Crippen LogP contribution in [0.2, 0.25) is 10.0 Å². The van der Waals surface area contributed by atoms with Crippen molar-refractivity contribution in [3.05, 3.63) is 33.8 Å². The van der Waals surface area contributed by atoms with Crippen molar-refractivity contribution in [1.82, 2.24) is 10.2 Å². The maximum Gasteiger partial charge on any atom is 0.255 e. The summed E-state index contributed by atoms with van der Waals surface area (Å²) in [7, 11) is 0. The highest BCUT2D eigenvalue weighted by Crippen LogP contribution is 2.30. The molecule has 2 fully saturated rings. The molecule has 18 heavy (non-hydrogen) atoms. The molecule has 0 aromatic heterocycles. The molecule has 2 aliphatic rings. The minimum Gasteiger partial charge on any atom is -0.333 e. The van der Waals surface area contributed by atoms with Gasteiger partial charge in [-0.15, -0.1) is 12.4 Å². The fraction of sp³-hybridized carbons (Fsp3) is 0.417. The summed E-state index contributed by atoms with van der Waals surface area (Å²) >= 11 is 12.0. The van der Waals surface area contributed by atoms with Gasteiger partial charge in [0.15, 0.2) is 0 Å². The van der Waals surface area contributed by atoms with E-state index in [4.69, 9.17) is 23.2 Å². The molecule has 0 unspecified atom stereocenters. The Morgan fingerprint density at radius 3 is 2.78 bits per heavy atom. The number of likely N-dealkylation sites (tertiary alicyclic amines) is 1. The molecule has 1 aromatic rings.